The van der Waals surface area contributed by atoms with Crippen LogP contribution in [0.2, 0.25) is 0 Å². The van der Waals surface area contributed by atoms with Crippen LogP contribution in [0.1, 0.15) is 43.2 Å². The maximum Gasteiger partial charge on any atom is 0.184 e. The standard InChI is InChI=1S/C21H28N6OS/c1-15-8-9-19-16(12-15)13-17(20-23-24-25-27(19)20)14-26(18-6-3-4-7-18)21(29)22-10-5-11-28-2/h8-9,12-13,18H,3-7,10-11,14H2,1-2H3,(H,22,29). The van der Waals surface area contributed by atoms with E-state index in [1.165, 1.54) is 31.2 Å². The molecule has 0 spiro atoms. The normalized spacial score (nSPS) is 14.7. The van der Waals surface area contributed by atoms with Crippen LogP contribution in [0, 0.1) is 6.92 Å². The molecule has 0 unspecified atom stereocenters. The van der Waals surface area contributed by atoms with Gasteiger partial charge in [-0.15, -0.1) is 5.10 Å². The number of aromatic nitrogens is 4. The fourth-order valence-corrected chi connectivity index (χ4v) is 4.50. The molecule has 4 rings (SSSR count). The number of hydrogen-bond acceptors (Lipinski definition) is 5. The average Bonchev–Trinajstić information content (AvgIpc) is 3.41. The topological polar surface area (TPSA) is 67.6 Å². The van der Waals surface area contributed by atoms with Gasteiger partial charge in [0.05, 0.1) is 5.52 Å². The monoisotopic (exact) mass is 412 g/mol. The van der Waals surface area contributed by atoms with Crippen LogP contribution in [-0.2, 0) is 11.3 Å². The van der Waals surface area contributed by atoms with Crippen molar-refractivity contribution >= 4 is 33.9 Å². The summed E-state index contributed by atoms with van der Waals surface area (Å²) in [5.41, 5.74) is 4.14. The van der Waals surface area contributed by atoms with Gasteiger partial charge in [0, 0.05) is 43.8 Å². The molecule has 1 aromatic carbocycles. The first-order chi connectivity index (χ1) is 14.2. The smallest absolute Gasteiger partial charge is 0.184 e. The minimum Gasteiger partial charge on any atom is -0.385 e. The Hall–Kier alpha value is -2.32. The van der Waals surface area contributed by atoms with Crippen molar-refractivity contribution in [2.24, 2.45) is 0 Å². The highest BCUT2D eigenvalue weighted by molar-refractivity contribution is 7.80. The van der Waals surface area contributed by atoms with Crippen LogP contribution < -0.4 is 5.32 Å². The molecular weight excluding hydrogens is 384 g/mol. The fourth-order valence-electron chi connectivity index (χ4n) is 4.18. The highest BCUT2D eigenvalue weighted by atomic mass is 32.1. The van der Waals surface area contributed by atoms with E-state index in [1.807, 2.05) is 4.52 Å². The lowest BCUT2D eigenvalue weighted by Gasteiger charge is -2.32. The summed E-state index contributed by atoms with van der Waals surface area (Å²) in [6.07, 6.45) is 5.79. The Bertz CT molecular complexity index is 997. The summed E-state index contributed by atoms with van der Waals surface area (Å²) in [5.74, 6) is 0. The van der Waals surface area contributed by atoms with Crippen molar-refractivity contribution in [2.75, 3.05) is 20.3 Å². The summed E-state index contributed by atoms with van der Waals surface area (Å²) in [5, 5.41) is 17.9. The van der Waals surface area contributed by atoms with Gasteiger partial charge in [0.1, 0.15) is 0 Å². The lowest BCUT2D eigenvalue weighted by Crippen LogP contribution is -2.45. The highest BCUT2D eigenvalue weighted by Gasteiger charge is 2.26. The van der Waals surface area contributed by atoms with E-state index >= 15 is 0 Å². The van der Waals surface area contributed by atoms with Gasteiger partial charge in [-0.3, -0.25) is 0 Å². The number of tetrazole rings is 1. The van der Waals surface area contributed by atoms with E-state index in [9.17, 15) is 0 Å². The van der Waals surface area contributed by atoms with E-state index in [2.05, 4.69) is 56.9 Å². The number of pyridine rings is 1. The van der Waals surface area contributed by atoms with Gasteiger partial charge >= 0.3 is 0 Å². The second-order valence-electron chi connectivity index (χ2n) is 7.79. The molecule has 0 atom stereocenters. The van der Waals surface area contributed by atoms with Crippen molar-refractivity contribution in [3.63, 3.8) is 0 Å². The lowest BCUT2D eigenvalue weighted by atomic mass is 10.1. The predicted molar refractivity (Wildman–Crippen MR) is 118 cm³/mol. The molecule has 0 aliphatic heterocycles. The van der Waals surface area contributed by atoms with Crippen molar-refractivity contribution in [1.82, 2.24) is 30.3 Å². The van der Waals surface area contributed by atoms with E-state index in [1.54, 1.807) is 7.11 Å². The summed E-state index contributed by atoms with van der Waals surface area (Å²) in [6, 6.07) is 9.02. The molecule has 29 heavy (non-hydrogen) atoms. The Labute approximate surface area is 176 Å². The van der Waals surface area contributed by atoms with Crippen LogP contribution in [0.3, 0.4) is 0 Å². The number of nitrogens with zero attached hydrogens (tertiary/aromatic N) is 5. The number of nitrogens with one attached hydrogen (secondary N) is 1. The van der Waals surface area contributed by atoms with Crippen LogP contribution in [0.5, 0.6) is 0 Å². The van der Waals surface area contributed by atoms with E-state index < -0.39 is 0 Å². The van der Waals surface area contributed by atoms with Gasteiger partial charge in [-0.05, 0) is 67.0 Å². The third-order valence-corrected chi connectivity index (χ3v) is 6.05. The zero-order valence-corrected chi connectivity index (χ0v) is 17.9. The quantitative estimate of drug-likeness (QED) is 0.472. The molecular formula is C21H28N6OS. The zero-order chi connectivity index (χ0) is 20.2. The number of ether oxygens (including phenoxy) is 1. The molecule has 1 N–H and O–H groups in total. The van der Waals surface area contributed by atoms with Crippen molar-refractivity contribution in [2.45, 2.75) is 51.6 Å². The minimum absolute atomic E-state index is 0.460. The number of aryl methyl sites for hydroxylation is 1. The number of hydrogen-bond donors (Lipinski definition) is 1. The Morgan fingerprint density at radius 2 is 2.14 bits per heavy atom. The summed E-state index contributed by atoms with van der Waals surface area (Å²) in [6.45, 7) is 4.35. The maximum absolute atomic E-state index is 5.80. The Kier molecular flexibility index (Phi) is 6.20. The van der Waals surface area contributed by atoms with Gasteiger partial charge in [-0.1, -0.05) is 24.5 Å². The molecule has 2 aromatic heterocycles. The molecule has 0 amide bonds. The number of fused-ring (bicyclic) bond motifs is 3. The van der Waals surface area contributed by atoms with Crippen molar-refractivity contribution < 1.29 is 4.74 Å². The first kappa shape index (κ1) is 20.0. The summed E-state index contributed by atoms with van der Waals surface area (Å²) >= 11 is 5.80. The molecule has 0 radical (unpaired) electrons. The summed E-state index contributed by atoms with van der Waals surface area (Å²) < 4.78 is 6.99. The van der Waals surface area contributed by atoms with Gasteiger partial charge in [0.2, 0.25) is 0 Å². The fraction of sp³-hybridized carbons (Fsp3) is 0.524. The second-order valence-corrected chi connectivity index (χ2v) is 8.18. The molecule has 1 aliphatic carbocycles. The number of methoxy groups -OCH3 is 1. The van der Waals surface area contributed by atoms with Gasteiger partial charge in [-0.2, -0.15) is 4.52 Å². The Morgan fingerprint density at radius 1 is 1.31 bits per heavy atom. The first-order valence-corrected chi connectivity index (χ1v) is 10.7. The van der Waals surface area contributed by atoms with Gasteiger partial charge in [-0.25, -0.2) is 0 Å². The zero-order valence-electron chi connectivity index (χ0n) is 17.1. The molecule has 0 saturated heterocycles. The molecule has 2 heterocycles. The first-order valence-electron chi connectivity index (χ1n) is 10.3. The van der Waals surface area contributed by atoms with Crippen molar-refractivity contribution in [3.05, 3.63) is 35.4 Å². The van der Waals surface area contributed by atoms with Gasteiger partial charge in [0.15, 0.2) is 10.8 Å². The average molecular weight is 413 g/mol. The molecule has 7 nitrogen and oxygen atoms in total. The molecule has 3 aromatic rings. The highest BCUT2D eigenvalue weighted by Crippen LogP contribution is 2.27. The predicted octanol–water partition coefficient (Wildman–Crippen LogP) is 3.24. The van der Waals surface area contributed by atoms with E-state index in [-0.39, 0.29) is 0 Å². The van der Waals surface area contributed by atoms with Crippen molar-refractivity contribution in [1.29, 1.82) is 0 Å². The van der Waals surface area contributed by atoms with E-state index in [0.29, 0.717) is 12.6 Å². The van der Waals surface area contributed by atoms with Gasteiger partial charge < -0.3 is 15.0 Å². The molecule has 1 aliphatic rings. The van der Waals surface area contributed by atoms with Crippen LogP contribution >= 0.6 is 12.2 Å². The number of benzene rings is 1. The Morgan fingerprint density at radius 3 is 2.93 bits per heavy atom. The van der Waals surface area contributed by atoms with E-state index in [4.69, 9.17) is 17.0 Å². The third kappa shape index (κ3) is 4.33. The largest absolute Gasteiger partial charge is 0.385 e. The van der Waals surface area contributed by atoms with Crippen LogP contribution in [0.25, 0.3) is 16.6 Å². The van der Waals surface area contributed by atoms with Crippen molar-refractivity contribution in [3.8, 4) is 0 Å². The maximum atomic E-state index is 5.80. The van der Waals surface area contributed by atoms with Crippen LogP contribution in [-0.4, -0.2) is 56.4 Å². The Balaban J connectivity index is 1.64. The molecule has 8 heteroatoms. The molecule has 154 valence electrons. The minimum atomic E-state index is 0.460. The summed E-state index contributed by atoms with van der Waals surface area (Å²) in [4.78, 5) is 2.33. The SMILES string of the molecule is COCCCNC(=S)N(Cc1cc2cc(C)ccc2n2nnnc12)C1CCCC1. The number of rotatable bonds is 7. The number of thiocarbonyl (C=S) groups is 1. The van der Waals surface area contributed by atoms with Crippen LogP contribution in [0.4, 0.5) is 0 Å². The van der Waals surface area contributed by atoms with Gasteiger partial charge in [0.25, 0.3) is 0 Å². The molecule has 0 bridgehead atoms. The third-order valence-electron chi connectivity index (χ3n) is 5.67. The van der Waals surface area contributed by atoms with Crippen LogP contribution in [0.15, 0.2) is 24.3 Å². The molecule has 1 fully saturated rings. The second kappa shape index (κ2) is 9.00. The van der Waals surface area contributed by atoms with E-state index in [0.717, 1.165) is 46.8 Å². The summed E-state index contributed by atoms with van der Waals surface area (Å²) in [7, 11) is 1.72. The lowest BCUT2D eigenvalue weighted by molar-refractivity contribution is 0.195. The molecule has 1 saturated carbocycles.